The van der Waals surface area contributed by atoms with Crippen molar-refractivity contribution < 1.29 is 0 Å². The Hall–Kier alpha value is 0.110. The Balaban J connectivity index is 2.58. The number of halogens is 2. The normalized spacial score (nSPS) is 11.8. The molecule has 0 bridgehead atoms. The molecule has 0 atom stereocenters. The van der Waals surface area contributed by atoms with E-state index in [-0.39, 0.29) is 0 Å². The first-order chi connectivity index (χ1) is 8.58. The van der Waals surface area contributed by atoms with Gasteiger partial charge in [-0.3, -0.25) is 0 Å². The van der Waals surface area contributed by atoms with Gasteiger partial charge in [0.25, 0.3) is 0 Å². The molecule has 0 aromatic heterocycles. The molecule has 0 fully saturated rings. The van der Waals surface area contributed by atoms with Gasteiger partial charge in [0.1, 0.15) is 0 Å². The van der Waals surface area contributed by atoms with Crippen LogP contribution in [0.25, 0.3) is 0 Å². The SMILES string of the molecule is CCC(CC)(CNCc1cccc(Cl)c1Cl)SC. The molecule has 0 saturated carbocycles. The highest BCUT2D eigenvalue weighted by molar-refractivity contribution is 8.00. The smallest absolute Gasteiger partial charge is 0.0637 e. The average Bonchev–Trinajstić information content (AvgIpc) is 2.40. The van der Waals surface area contributed by atoms with Crippen LogP contribution in [0.4, 0.5) is 0 Å². The van der Waals surface area contributed by atoms with E-state index in [0.717, 1.165) is 18.7 Å². The summed E-state index contributed by atoms with van der Waals surface area (Å²) in [5.41, 5.74) is 1.06. The lowest BCUT2D eigenvalue weighted by Gasteiger charge is -2.30. The van der Waals surface area contributed by atoms with Crippen molar-refractivity contribution in [2.75, 3.05) is 12.8 Å². The van der Waals surface area contributed by atoms with E-state index in [0.29, 0.717) is 14.8 Å². The van der Waals surface area contributed by atoms with Crippen molar-refractivity contribution in [3.8, 4) is 0 Å². The van der Waals surface area contributed by atoms with Crippen LogP contribution in [0.2, 0.25) is 10.0 Å². The van der Waals surface area contributed by atoms with Crippen LogP contribution < -0.4 is 5.32 Å². The van der Waals surface area contributed by atoms with Crippen LogP contribution in [0.15, 0.2) is 18.2 Å². The molecule has 1 nitrogen and oxygen atoms in total. The molecular weight excluding hydrogens is 285 g/mol. The Morgan fingerprint density at radius 3 is 2.44 bits per heavy atom. The van der Waals surface area contributed by atoms with Gasteiger partial charge in [-0.15, -0.1) is 0 Å². The summed E-state index contributed by atoms with van der Waals surface area (Å²) < 4.78 is 0.324. The monoisotopic (exact) mass is 305 g/mol. The standard InChI is InChI=1S/C14H21Cl2NS/c1-4-14(5-2,18-3)10-17-9-11-7-6-8-12(15)13(11)16/h6-8,17H,4-5,9-10H2,1-3H3. The first kappa shape index (κ1) is 16.2. The molecule has 0 aliphatic carbocycles. The Labute approximate surface area is 125 Å². The molecule has 0 aliphatic rings. The van der Waals surface area contributed by atoms with Crippen molar-refractivity contribution in [3.05, 3.63) is 33.8 Å². The lowest BCUT2D eigenvalue weighted by Crippen LogP contribution is -2.36. The summed E-state index contributed by atoms with van der Waals surface area (Å²) in [6.07, 6.45) is 4.52. The predicted octanol–water partition coefficient (Wildman–Crippen LogP) is 5.00. The highest BCUT2D eigenvalue weighted by Crippen LogP contribution is 2.30. The maximum Gasteiger partial charge on any atom is 0.0637 e. The number of thioether (sulfide) groups is 1. The second kappa shape index (κ2) is 7.64. The molecule has 1 aromatic rings. The lowest BCUT2D eigenvalue weighted by molar-refractivity contribution is 0.495. The number of hydrogen-bond donors (Lipinski definition) is 1. The van der Waals surface area contributed by atoms with Gasteiger partial charge in [-0.1, -0.05) is 49.2 Å². The minimum absolute atomic E-state index is 0.324. The first-order valence-electron chi connectivity index (χ1n) is 6.27. The van der Waals surface area contributed by atoms with E-state index in [1.807, 2.05) is 30.0 Å². The minimum Gasteiger partial charge on any atom is -0.311 e. The van der Waals surface area contributed by atoms with E-state index in [1.165, 1.54) is 12.8 Å². The van der Waals surface area contributed by atoms with Crippen molar-refractivity contribution in [2.24, 2.45) is 0 Å². The van der Waals surface area contributed by atoms with Gasteiger partial charge in [-0.25, -0.2) is 0 Å². The van der Waals surface area contributed by atoms with Gasteiger partial charge in [0, 0.05) is 17.8 Å². The molecule has 1 aromatic carbocycles. The zero-order valence-electron chi connectivity index (χ0n) is 11.2. The fourth-order valence-electron chi connectivity index (χ4n) is 1.97. The maximum absolute atomic E-state index is 6.17. The van der Waals surface area contributed by atoms with Crippen molar-refractivity contribution in [2.45, 2.75) is 38.0 Å². The maximum atomic E-state index is 6.17. The van der Waals surface area contributed by atoms with E-state index >= 15 is 0 Å². The Bertz CT molecular complexity index is 370. The molecule has 0 amide bonds. The van der Waals surface area contributed by atoms with Crippen LogP contribution in [-0.2, 0) is 6.54 Å². The molecule has 1 rings (SSSR count). The molecule has 0 saturated heterocycles. The third-order valence-electron chi connectivity index (χ3n) is 3.52. The molecule has 0 aliphatic heterocycles. The fraction of sp³-hybridized carbons (Fsp3) is 0.571. The van der Waals surface area contributed by atoms with Crippen LogP contribution in [0.3, 0.4) is 0 Å². The van der Waals surface area contributed by atoms with Crippen LogP contribution in [0.1, 0.15) is 32.3 Å². The molecule has 0 spiro atoms. The Kier molecular flexibility index (Phi) is 6.86. The molecule has 0 heterocycles. The average molecular weight is 306 g/mol. The number of benzene rings is 1. The molecule has 0 unspecified atom stereocenters. The second-order valence-electron chi connectivity index (χ2n) is 4.41. The highest BCUT2D eigenvalue weighted by atomic mass is 35.5. The van der Waals surface area contributed by atoms with Crippen LogP contribution in [0, 0.1) is 0 Å². The Morgan fingerprint density at radius 1 is 1.22 bits per heavy atom. The van der Waals surface area contributed by atoms with Gasteiger partial charge < -0.3 is 5.32 Å². The number of nitrogens with one attached hydrogen (secondary N) is 1. The topological polar surface area (TPSA) is 12.0 Å². The summed E-state index contributed by atoms with van der Waals surface area (Å²) in [5.74, 6) is 0. The third-order valence-corrected chi connectivity index (χ3v) is 5.96. The summed E-state index contributed by atoms with van der Waals surface area (Å²) >= 11 is 14.1. The minimum atomic E-state index is 0.324. The van der Waals surface area contributed by atoms with Gasteiger partial charge in [-0.05, 0) is 30.7 Å². The summed E-state index contributed by atoms with van der Waals surface area (Å²) in [7, 11) is 0. The predicted molar refractivity (Wildman–Crippen MR) is 85.0 cm³/mol. The molecule has 18 heavy (non-hydrogen) atoms. The molecule has 1 N–H and O–H groups in total. The quantitative estimate of drug-likeness (QED) is 0.760. The highest BCUT2D eigenvalue weighted by Gasteiger charge is 2.24. The summed E-state index contributed by atoms with van der Waals surface area (Å²) in [5, 5.41) is 4.78. The van der Waals surface area contributed by atoms with Gasteiger partial charge in [-0.2, -0.15) is 11.8 Å². The number of hydrogen-bond acceptors (Lipinski definition) is 2. The first-order valence-corrected chi connectivity index (χ1v) is 8.25. The van der Waals surface area contributed by atoms with Crippen molar-refractivity contribution in [1.29, 1.82) is 0 Å². The van der Waals surface area contributed by atoms with Crippen LogP contribution >= 0.6 is 35.0 Å². The summed E-state index contributed by atoms with van der Waals surface area (Å²) in [6, 6.07) is 5.77. The Morgan fingerprint density at radius 2 is 1.89 bits per heavy atom. The van der Waals surface area contributed by atoms with Gasteiger partial charge in [0.05, 0.1) is 10.0 Å². The van der Waals surface area contributed by atoms with Gasteiger partial charge in [0.15, 0.2) is 0 Å². The molecule has 0 radical (unpaired) electrons. The van der Waals surface area contributed by atoms with E-state index in [2.05, 4.69) is 25.4 Å². The number of rotatable bonds is 7. The molecule has 102 valence electrons. The third kappa shape index (κ3) is 4.06. The van der Waals surface area contributed by atoms with E-state index in [4.69, 9.17) is 23.2 Å². The van der Waals surface area contributed by atoms with Gasteiger partial charge >= 0.3 is 0 Å². The van der Waals surface area contributed by atoms with Crippen molar-refractivity contribution in [3.63, 3.8) is 0 Å². The molecule has 4 heteroatoms. The van der Waals surface area contributed by atoms with E-state index in [1.54, 1.807) is 0 Å². The lowest BCUT2D eigenvalue weighted by atomic mass is 10.0. The summed E-state index contributed by atoms with van der Waals surface area (Å²) in [4.78, 5) is 0. The van der Waals surface area contributed by atoms with Crippen LogP contribution in [0.5, 0.6) is 0 Å². The van der Waals surface area contributed by atoms with Crippen molar-refractivity contribution in [1.82, 2.24) is 5.32 Å². The zero-order valence-corrected chi connectivity index (χ0v) is 13.6. The van der Waals surface area contributed by atoms with Crippen molar-refractivity contribution >= 4 is 35.0 Å². The zero-order chi connectivity index (χ0) is 13.6. The van der Waals surface area contributed by atoms with Gasteiger partial charge in [0.2, 0.25) is 0 Å². The van der Waals surface area contributed by atoms with E-state index in [9.17, 15) is 0 Å². The van der Waals surface area contributed by atoms with E-state index < -0.39 is 0 Å². The molecular formula is C14H21Cl2NS. The van der Waals surface area contributed by atoms with Crippen LogP contribution in [-0.4, -0.2) is 17.5 Å². The largest absolute Gasteiger partial charge is 0.311 e. The summed E-state index contributed by atoms with van der Waals surface area (Å²) in [6.45, 7) is 6.24. The fourth-order valence-corrected chi connectivity index (χ4v) is 3.18. The second-order valence-corrected chi connectivity index (χ2v) is 6.47.